The average molecular weight is 287 g/mol. The Hall–Kier alpha value is -0.610. The van der Waals surface area contributed by atoms with Gasteiger partial charge in [-0.15, -0.1) is 11.3 Å². The molecule has 0 saturated heterocycles. The molecule has 0 aliphatic rings. The average Bonchev–Trinajstić information content (AvgIpc) is 2.77. The Morgan fingerprint density at radius 3 is 2.53 bits per heavy atom. The van der Waals surface area contributed by atoms with Crippen LogP contribution < -0.4 is 5.32 Å². The van der Waals surface area contributed by atoms with E-state index >= 15 is 0 Å². The lowest BCUT2D eigenvalue weighted by Crippen LogP contribution is -2.21. The zero-order valence-electron chi connectivity index (χ0n) is 9.28. The van der Waals surface area contributed by atoms with Crippen molar-refractivity contribution in [3.05, 3.63) is 50.4 Å². The summed E-state index contributed by atoms with van der Waals surface area (Å²) in [5, 5.41) is 7.66. The first-order valence-corrected chi connectivity index (χ1v) is 6.93. The summed E-state index contributed by atoms with van der Waals surface area (Å²) < 4.78 is 0. The van der Waals surface area contributed by atoms with Gasteiger partial charge in [0.1, 0.15) is 5.01 Å². The van der Waals surface area contributed by atoms with Crippen molar-refractivity contribution in [2.45, 2.75) is 13.0 Å². The third-order valence-electron chi connectivity index (χ3n) is 2.32. The van der Waals surface area contributed by atoms with Crippen LogP contribution in [0.15, 0.2) is 29.8 Å². The molecule has 0 amide bonds. The first kappa shape index (κ1) is 12.8. The Morgan fingerprint density at radius 1 is 1.29 bits per heavy atom. The topological polar surface area (TPSA) is 24.9 Å². The van der Waals surface area contributed by atoms with Crippen LogP contribution in [0.2, 0.25) is 10.0 Å². The second-order valence-electron chi connectivity index (χ2n) is 3.56. The molecule has 0 radical (unpaired) electrons. The minimum atomic E-state index is 0.0520. The Morgan fingerprint density at radius 2 is 2.00 bits per heavy atom. The summed E-state index contributed by atoms with van der Waals surface area (Å²) in [5.74, 6) is 0. The number of halogens is 2. The molecule has 1 heterocycles. The van der Waals surface area contributed by atoms with Gasteiger partial charge in [0.2, 0.25) is 0 Å². The maximum absolute atomic E-state index is 6.03. The van der Waals surface area contributed by atoms with Gasteiger partial charge in [0.05, 0.1) is 6.04 Å². The smallest absolute Gasteiger partial charge is 0.114 e. The molecule has 0 bridgehead atoms. The predicted molar refractivity (Wildman–Crippen MR) is 74.1 cm³/mol. The van der Waals surface area contributed by atoms with E-state index in [0.29, 0.717) is 10.0 Å². The fraction of sp³-hybridized carbons (Fsp3) is 0.250. The maximum Gasteiger partial charge on any atom is 0.114 e. The quantitative estimate of drug-likeness (QED) is 0.913. The molecule has 0 spiro atoms. The lowest BCUT2D eigenvalue weighted by Gasteiger charge is -2.16. The van der Waals surface area contributed by atoms with E-state index in [9.17, 15) is 0 Å². The molecular weight excluding hydrogens is 275 g/mol. The van der Waals surface area contributed by atoms with Crippen LogP contribution in [0, 0.1) is 0 Å². The van der Waals surface area contributed by atoms with Crippen molar-refractivity contribution in [1.82, 2.24) is 10.3 Å². The van der Waals surface area contributed by atoms with Gasteiger partial charge in [-0.05, 0) is 30.3 Å². The summed E-state index contributed by atoms with van der Waals surface area (Å²) in [6.07, 6.45) is 1.80. The molecule has 1 N–H and O–H groups in total. The lowest BCUT2D eigenvalue weighted by molar-refractivity contribution is 0.627. The second-order valence-corrected chi connectivity index (χ2v) is 5.36. The number of thiazole rings is 1. The van der Waals surface area contributed by atoms with Crippen LogP contribution in [0.3, 0.4) is 0 Å². The third-order valence-corrected chi connectivity index (χ3v) is 3.60. The highest BCUT2D eigenvalue weighted by Gasteiger charge is 2.16. The number of rotatable bonds is 4. The van der Waals surface area contributed by atoms with Crippen molar-refractivity contribution in [2.75, 3.05) is 6.54 Å². The highest BCUT2D eigenvalue weighted by atomic mass is 35.5. The Labute approximate surface area is 115 Å². The molecule has 0 saturated carbocycles. The standard InChI is InChI=1S/C12H12Cl2N2S/c1-2-15-11(12-16-3-4-17-12)8-5-9(13)7-10(14)6-8/h3-7,11,15H,2H2,1H3. The van der Waals surface area contributed by atoms with Gasteiger partial charge in [-0.2, -0.15) is 0 Å². The molecule has 17 heavy (non-hydrogen) atoms. The summed E-state index contributed by atoms with van der Waals surface area (Å²) in [6, 6.07) is 5.62. The van der Waals surface area contributed by atoms with Crippen molar-refractivity contribution in [3.63, 3.8) is 0 Å². The van der Waals surface area contributed by atoms with Crippen molar-refractivity contribution in [2.24, 2.45) is 0 Å². The summed E-state index contributed by atoms with van der Waals surface area (Å²) >= 11 is 13.7. The molecule has 0 fully saturated rings. The normalized spacial score (nSPS) is 12.6. The van der Waals surface area contributed by atoms with Gasteiger partial charge >= 0.3 is 0 Å². The summed E-state index contributed by atoms with van der Waals surface area (Å²) in [4.78, 5) is 4.34. The van der Waals surface area contributed by atoms with Crippen molar-refractivity contribution < 1.29 is 0 Å². The van der Waals surface area contributed by atoms with Crippen LogP contribution in [0.1, 0.15) is 23.5 Å². The van der Waals surface area contributed by atoms with Gasteiger partial charge in [0.15, 0.2) is 0 Å². The molecule has 1 aromatic heterocycles. The number of hydrogen-bond acceptors (Lipinski definition) is 3. The van der Waals surface area contributed by atoms with E-state index in [0.717, 1.165) is 17.1 Å². The zero-order valence-corrected chi connectivity index (χ0v) is 11.6. The molecule has 1 atom stereocenters. The summed E-state index contributed by atoms with van der Waals surface area (Å²) in [5.41, 5.74) is 1.04. The molecule has 2 nitrogen and oxygen atoms in total. The number of hydrogen-bond donors (Lipinski definition) is 1. The van der Waals surface area contributed by atoms with E-state index < -0.39 is 0 Å². The molecule has 0 aliphatic carbocycles. The van der Waals surface area contributed by atoms with E-state index in [4.69, 9.17) is 23.2 Å². The molecule has 0 aliphatic heterocycles. The summed E-state index contributed by atoms with van der Waals surface area (Å²) in [7, 11) is 0. The molecule has 5 heteroatoms. The highest BCUT2D eigenvalue weighted by Crippen LogP contribution is 2.28. The van der Waals surface area contributed by atoms with Crippen molar-refractivity contribution in [3.8, 4) is 0 Å². The van der Waals surface area contributed by atoms with E-state index in [2.05, 4.69) is 17.2 Å². The van der Waals surface area contributed by atoms with Gasteiger partial charge < -0.3 is 5.32 Å². The van der Waals surface area contributed by atoms with Gasteiger partial charge in [0, 0.05) is 21.6 Å². The van der Waals surface area contributed by atoms with Crippen LogP contribution in [-0.2, 0) is 0 Å². The highest BCUT2D eigenvalue weighted by molar-refractivity contribution is 7.09. The van der Waals surface area contributed by atoms with Gasteiger partial charge in [-0.1, -0.05) is 30.1 Å². The number of benzene rings is 1. The monoisotopic (exact) mass is 286 g/mol. The fourth-order valence-electron chi connectivity index (χ4n) is 1.67. The molecular formula is C12H12Cl2N2S. The Bertz CT molecular complexity index is 465. The summed E-state index contributed by atoms with van der Waals surface area (Å²) in [6.45, 7) is 2.92. The fourth-order valence-corrected chi connectivity index (χ4v) is 2.95. The Balaban J connectivity index is 2.38. The van der Waals surface area contributed by atoms with Crippen molar-refractivity contribution >= 4 is 34.5 Å². The van der Waals surface area contributed by atoms with E-state index in [1.54, 1.807) is 23.6 Å². The first-order valence-electron chi connectivity index (χ1n) is 5.29. The lowest BCUT2D eigenvalue weighted by atomic mass is 10.1. The van der Waals surface area contributed by atoms with Gasteiger partial charge in [0.25, 0.3) is 0 Å². The molecule has 2 rings (SSSR count). The molecule has 2 aromatic rings. The van der Waals surface area contributed by atoms with Gasteiger partial charge in [-0.3, -0.25) is 0 Å². The van der Waals surface area contributed by atoms with Crippen molar-refractivity contribution in [1.29, 1.82) is 0 Å². The largest absolute Gasteiger partial charge is 0.305 e. The molecule has 1 aromatic carbocycles. The van der Waals surface area contributed by atoms with Crippen LogP contribution in [-0.4, -0.2) is 11.5 Å². The SMILES string of the molecule is CCNC(c1cc(Cl)cc(Cl)c1)c1nccs1. The predicted octanol–water partition coefficient (Wildman–Crippen LogP) is 4.15. The van der Waals surface area contributed by atoms with Crippen LogP contribution in [0.25, 0.3) is 0 Å². The van der Waals surface area contributed by atoms with Crippen LogP contribution >= 0.6 is 34.5 Å². The van der Waals surface area contributed by atoms with Crippen LogP contribution in [0.5, 0.6) is 0 Å². The zero-order chi connectivity index (χ0) is 12.3. The van der Waals surface area contributed by atoms with Gasteiger partial charge in [-0.25, -0.2) is 4.98 Å². The number of nitrogens with zero attached hydrogens (tertiary/aromatic N) is 1. The number of nitrogens with one attached hydrogen (secondary N) is 1. The minimum absolute atomic E-state index is 0.0520. The third kappa shape index (κ3) is 3.19. The van der Waals surface area contributed by atoms with E-state index in [1.165, 1.54) is 0 Å². The Kier molecular flexibility index (Phi) is 4.40. The molecule has 1 unspecified atom stereocenters. The number of aromatic nitrogens is 1. The molecule has 90 valence electrons. The van der Waals surface area contributed by atoms with E-state index in [1.807, 2.05) is 17.5 Å². The minimum Gasteiger partial charge on any atom is -0.305 e. The van der Waals surface area contributed by atoms with Crippen LogP contribution in [0.4, 0.5) is 0 Å². The first-order chi connectivity index (χ1) is 8.20. The van der Waals surface area contributed by atoms with E-state index in [-0.39, 0.29) is 6.04 Å². The maximum atomic E-state index is 6.03. The second kappa shape index (κ2) is 5.83.